The fraction of sp³-hybridized carbons (Fsp3) is 0. The third kappa shape index (κ3) is 3.65. The Morgan fingerprint density at radius 1 is 0.696 bits per heavy atom. The first-order valence-corrected chi connectivity index (χ1v) is 6.96. The predicted molar refractivity (Wildman–Crippen MR) is 86.1 cm³/mol. The maximum atomic E-state index is 11.2. The minimum atomic E-state index is -0.482. The van der Waals surface area contributed by atoms with Crippen molar-refractivity contribution >= 4 is 5.69 Å². The lowest BCUT2D eigenvalue weighted by Gasteiger charge is -2.09. The van der Waals surface area contributed by atoms with Crippen molar-refractivity contribution in [3.05, 3.63) is 89.0 Å². The van der Waals surface area contributed by atoms with E-state index in [0.29, 0.717) is 17.2 Å². The molecule has 0 N–H and O–H groups in total. The number of benzene rings is 3. The van der Waals surface area contributed by atoms with Gasteiger partial charge in [-0.2, -0.15) is 0 Å². The fourth-order valence-corrected chi connectivity index (χ4v) is 2.03. The lowest BCUT2D eigenvalue weighted by Crippen LogP contribution is -1.94. The van der Waals surface area contributed by atoms with E-state index in [1.165, 1.54) is 12.1 Å². The number of hydrogen-bond acceptors (Lipinski definition) is 4. The zero-order valence-corrected chi connectivity index (χ0v) is 12.1. The van der Waals surface area contributed by atoms with Crippen molar-refractivity contribution in [2.45, 2.75) is 0 Å². The van der Waals surface area contributed by atoms with Crippen LogP contribution < -0.4 is 9.47 Å². The Labute approximate surface area is 132 Å². The molecule has 5 heteroatoms. The van der Waals surface area contributed by atoms with Crippen LogP contribution in [0.3, 0.4) is 0 Å². The monoisotopic (exact) mass is 307 g/mol. The molecule has 0 aliphatic carbocycles. The van der Waals surface area contributed by atoms with Crippen molar-refractivity contribution in [1.29, 1.82) is 0 Å². The van der Waals surface area contributed by atoms with E-state index in [2.05, 4.69) is 0 Å². The zero-order valence-electron chi connectivity index (χ0n) is 12.1. The van der Waals surface area contributed by atoms with Gasteiger partial charge in [0.1, 0.15) is 17.2 Å². The maximum absolute atomic E-state index is 11.2. The number of para-hydroxylation sites is 2. The Morgan fingerprint density at radius 2 is 1.26 bits per heavy atom. The van der Waals surface area contributed by atoms with Crippen molar-refractivity contribution in [3.8, 4) is 23.0 Å². The molecule has 3 rings (SSSR count). The second-order valence-electron chi connectivity index (χ2n) is 4.72. The summed E-state index contributed by atoms with van der Waals surface area (Å²) >= 11 is 0. The van der Waals surface area contributed by atoms with Gasteiger partial charge in [0.2, 0.25) is 5.75 Å². The maximum Gasteiger partial charge on any atom is 0.311 e. The number of nitro groups is 1. The molecule has 0 fully saturated rings. The van der Waals surface area contributed by atoms with Gasteiger partial charge in [0.05, 0.1) is 4.92 Å². The lowest BCUT2D eigenvalue weighted by molar-refractivity contribution is -0.385. The molecule has 0 atom stereocenters. The van der Waals surface area contributed by atoms with Crippen LogP contribution in [0.15, 0.2) is 78.9 Å². The molecule has 0 amide bonds. The molecule has 0 unspecified atom stereocenters. The first kappa shape index (κ1) is 14.6. The van der Waals surface area contributed by atoms with Crippen molar-refractivity contribution in [2.24, 2.45) is 0 Å². The van der Waals surface area contributed by atoms with Gasteiger partial charge in [-0.25, -0.2) is 0 Å². The Bertz CT molecular complexity index is 804. The van der Waals surface area contributed by atoms with Crippen LogP contribution in [0.25, 0.3) is 0 Å². The molecule has 0 aliphatic heterocycles. The topological polar surface area (TPSA) is 61.6 Å². The second kappa shape index (κ2) is 6.62. The van der Waals surface area contributed by atoms with E-state index in [1.807, 2.05) is 24.3 Å². The third-order valence-electron chi connectivity index (χ3n) is 3.08. The van der Waals surface area contributed by atoms with Crippen LogP contribution in [0, 0.1) is 10.1 Å². The van der Waals surface area contributed by atoms with Crippen LogP contribution in [-0.4, -0.2) is 4.92 Å². The average molecular weight is 307 g/mol. The minimum absolute atomic E-state index is 0.116. The number of nitro benzene ring substituents is 1. The van der Waals surface area contributed by atoms with Crippen molar-refractivity contribution in [1.82, 2.24) is 0 Å². The highest BCUT2D eigenvalue weighted by Gasteiger charge is 2.17. The van der Waals surface area contributed by atoms with Crippen LogP contribution in [0.2, 0.25) is 0 Å². The van der Waals surface area contributed by atoms with E-state index >= 15 is 0 Å². The van der Waals surface area contributed by atoms with Gasteiger partial charge in [0, 0.05) is 12.1 Å². The van der Waals surface area contributed by atoms with E-state index in [4.69, 9.17) is 9.47 Å². The van der Waals surface area contributed by atoms with Crippen LogP contribution >= 0.6 is 0 Å². The zero-order chi connectivity index (χ0) is 16.1. The highest BCUT2D eigenvalue weighted by atomic mass is 16.6. The Kier molecular flexibility index (Phi) is 4.20. The predicted octanol–water partition coefficient (Wildman–Crippen LogP) is 5.18. The highest BCUT2D eigenvalue weighted by Crippen LogP contribution is 2.35. The molecule has 0 aromatic heterocycles. The molecule has 0 radical (unpaired) electrons. The molecule has 0 saturated heterocycles. The molecule has 0 spiro atoms. The highest BCUT2D eigenvalue weighted by molar-refractivity contribution is 5.53. The number of rotatable bonds is 5. The van der Waals surface area contributed by atoms with Gasteiger partial charge in [-0.05, 0) is 30.3 Å². The summed E-state index contributed by atoms with van der Waals surface area (Å²) < 4.78 is 11.3. The second-order valence-corrected chi connectivity index (χ2v) is 4.72. The average Bonchev–Trinajstić information content (AvgIpc) is 2.57. The van der Waals surface area contributed by atoms with Gasteiger partial charge in [-0.3, -0.25) is 10.1 Å². The first-order chi connectivity index (χ1) is 11.2. The van der Waals surface area contributed by atoms with E-state index in [0.717, 1.165) is 0 Å². The summed E-state index contributed by atoms with van der Waals surface area (Å²) in [5.74, 6) is 1.77. The Balaban J connectivity index is 1.91. The molecule has 23 heavy (non-hydrogen) atoms. The largest absolute Gasteiger partial charge is 0.457 e. The number of hydrogen-bond donors (Lipinski definition) is 0. The minimum Gasteiger partial charge on any atom is -0.457 e. The van der Waals surface area contributed by atoms with E-state index in [1.54, 1.807) is 42.5 Å². The van der Waals surface area contributed by atoms with Crippen molar-refractivity contribution in [3.63, 3.8) is 0 Å². The van der Waals surface area contributed by atoms with Crippen LogP contribution in [0.5, 0.6) is 23.0 Å². The van der Waals surface area contributed by atoms with Crippen molar-refractivity contribution in [2.75, 3.05) is 0 Å². The molecule has 0 bridgehead atoms. The molecule has 0 aliphatic rings. The van der Waals surface area contributed by atoms with Gasteiger partial charge in [-0.1, -0.05) is 36.4 Å². The molecule has 0 heterocycles. The molecule has 5 nitrogen and oxygen atoms in total. The van der Waals surface area contributed by atoms with E-state index in [9.17, 15) is 10.1 Å². The summed E-state index contributed by atoms with van der Waals surface area (Å²) in [6.07, 6.45) is 0. The number of ether oxygens (including phenoxy) is 2. The van der Waals surface area contributed by atoms with Crippen LogP contribution in [0.1, 0.15) is 0 Å². The normalized spacial score (nSPS) is 10.1. The van der Waals surface area contributed by atoms with Crippen molar-refractivity contribution < 1.29 is 14.4 Å². The van der Waals surface area contributed by atoms with E-state index in [-0.39, 0.29) is 11.4 Å². The summed E-state index contributed by atoms with van der Waals surface area (Å²) in [5.41, 5.74) is -0.116. The molecule has 3 aromatic carbocycles. The Hall–Kier alpha value is -3.34. The van der Waals surface area contributed by atoms with Gasteiger partial charge < -0.3 is 9.47 Å². The van der Waals surface area contributed by atoms with Crippen LogP contribution in [0.4, 0.5) is 5.69 Å². The lowest BCUT2D eigenvalue weighted by atomic mass is 10.2. The van der Waals surface area contributed by atoms with Gasteiger partial charge in [0.15, 0.2) is 0 Å². The quantitative estimate of drug-likeness (QED) is 0.481. The molecule has 0 saturated carbocycles. The summed E-state index contributed by atoms with van der Waals surface area (Å²) in [6.45, 7) is 0. The van der Waals surface area contributed by atoms with Crippen LogP contribution in [-0.2, 0) is 0 Å². The molecule has 114 valence electrons. The summed E-state index contributed by atoms with van der Waals surface area (Å²) in [4.78, 5) is 10.7. The van der Waals surface area contributed by atoms with E-state index < -0.39 is 4.92 Å². The molecular weight excluding hydrogens is 294 g/mol. The standard InChI is InChI=1S/C18H13NO4/c20-19(21)17-12-11-16(22-14-7-3-1-4-8-14)13-18(17)23-15-9-5-2-6-10-15/h1-13H. The summed E-state index contributed by atoms with van der Waals surface area (Å²) in [6, 6.07) is 22.5. The Morgan fingerprint density at radius 3 is 1.83 bits per heavy atom. The van der Waals surface area contributed by atoms with Gasteiger partial charge >= 0.3 is 5.69 Å². The summed E-state index contributed by atoms with van der Waals surface area (Å²) in [7, 11) is 0. The van der Waals surface area contributed by atoms with Gasteiger partial charge in [0.25, 0.3) is 0 Å². The third-order valence-corrected chi connectivity index (χ3v) is 3.08. The molecule has 3 aromatic rings. The first-order valence-electron chi connectivity index (χ1n) is 6.96. The smallest absolute Gasteiger partial charge is 0.311 e. The summed E-state index contributed by atoms with van der Waals surface area (Å²) in [5, 5.41) is 11.2. The fourth-order valence-electron chi connectivity index (χ4n) is 2.03. The SMILES string of the molecule is O=[N+]([O-])c1ccc(Oc2ccccc2)cc1Oc1ccccc1. The molecular formula is C18H13NO4. The van der Waals surface area contributed by atoms with Gasteiger partial charge in [-0.15, -0.1) is 0 Å². The number of nitrogens with zero attached hydrogens (tertiary/aromatic N) is 1.